The maximum atomic E-state index is 10.3. The number of nitrogens with zero attached hydrogens (tertiary/aromatic N) is 1. The summed E-state index contributed by atoms with van der Waals surface area (Å²) in [6.07, 6.45) is 1.15. The minimum atomic E-state index is -0.769. The van der Waals surface area contributed by atoms with Crippen molar-refractivity contribution in [1.29, 1.82) is 5.26 Å². The van der Waals surface area contributed by atoms with E-state index in [1.807, 2.05) is 30.3 Å². The summed E-state index contributed by atoms with van der Waals surface area (Å²) in [5, 5.41) is 19.6. The molecule has 2 unspecified atom stereocenters. The molecule has 1 aliphatic heterocycles. The van der Waals surface area contributed by atoms with Crippen LogP contribution in [0.5, 0.6) is 0 Å². The van der Waals surface area contributed by atoms with E-state index < -0.39 is 12.0 Å². The Balaban J connectivity index is 2.08. The average Bonchev–Trinajstić information content (AvgIpc) is 2.89. The lowest BCUT2D eigenvalue weighted by Crippen LogP contribution is -2.26. The quantitative estimate of drug-likeness (QED) is 0.666. The fourth-order valence-corrected chi connectivity index (χ4v) is 2.97. The minimum Gasteiger partial charge on any atom is -0.387 e. The van der Waals surface area contributed by atoms with Gasteiger partial charge in [0.1, 0.15) is 5.92 Å². The second-order valence-electron chi connectivity index (χ2n) is 4.54. The van der Waals surface area contributed by atoms with Crippen molar-refractivity contribution in [3.63, 3.8) is 0 Å². The number of benzene rings is 1. The van der Waals surface area contributed by atoms with Crippen LogP contribution in [0.3, 0.4) is 0 Å². The maximum Gasteiger partial charge on any atom is 0.103 e. The summed E-state index contributed by atoms with van der Waals surface area (Å²) in [7, 11) is 0. The van der Waals surface area contributed by atoms with Gasteiger partial charge in [0, 0.05) is 4.43 Å². The molecular weight excluding hydrogens is 341 g/mol. The SMILES string of the molecule is N#CC(C1CC[C@@H](CI)O1)[C@H](O)c1ccccc1. The van der Waals surface area contributed by atoms with Gasteiger partial charge >= 0.3 is 0 Å². The zero-order valence-electron chi connectivity index (χ0n) is 10.00. The lowest BCUT2D eigenvalue weighted by Gasteiger charge is -2.22. The molecule has 1 heterocycles. The Bertz CT molecular complexity index is 418. The second kappa shape index (κ2) is 6.50. The molecule has 1 N–H and O–H groups in total. The first-order valence-corrected chi connectivity index (χ1v) is 7.63. The van der Waals surface area contributed by atoms with E-state index in [1.165, 1.54) is 0 Å². The largest absolute Gasteiger partial charge is 0.387 e. The van der Waals surface area contributed by atoms with E-state index in [9.17, 15) is 10.4 Å². The number of hydrogen-bond donors (Lipinski definition) is 1. The highest BCUT2D eigenvalue weighted by Crippen LogP contribution is 2.33. The number of halogens is 1. The molecule has 0 bridgehead atoms. The Labute approximate surface area is 121 Å². The number of hydrogen-bond acceptors (Lipinski definition) is 3. The van der Waals surface area contributed by atoms with Gasteiger partial charge in [-0.05, 0) is 18.4 Å². The van der Waals surface area contributed by atoms with Crippen molar-refractivity contribution in [2.75, 3.05) is 4.43 Å². The molecule has 1 fully saturated rings. The third-order valence-corrected chi connectivity index (χ3v) is 4.33. The van der Waals surface area contributed by atoms with Crippen molar-refractivity contribution < 1.29 is 9.84 Å². The molecule has 18 heavy (non-hydrogen) atoms. The zero-order valence-corrected chi connectivity index (χ0v) is 12.2. The molecule has 3 nitrogen and oxygen atoms in total. The van der Waals surface area contributed by atoms with Crippen LogP contribution < -0.4 is 0 Å². The van der Waals surface area contributed by atoms with Gasteiger partial charge in [-0.15, -0.1) is 0 Å². The van der Waals surface area contributed by atoms with Crippen molar-refractivity contribution in [2.45, 2.75) is 31.2 Å². The molecule has 1 aromatic rings. The predicted molar refractivity (Wildman–Crippen MR) is 77.3 cm³/mol. The van der Waals surface area contributed by atoms with Crippen LogP contribution in [-0.4, -0.2) is 21.7 Å². The number of aliphatic hydroxyl groups excluding tert-OH is 1. The van der Waals surface area contributed by atoms with Gasteiger partial charge in [0.05, 0.1) is 24.4 Å². The van der Waals surface area contributed by atoms with Crippen molar-refractivity contribution in [3.8, 4) is 6.07 Å². The van der Waals surface area contributed by atoms with Crippen LogP contribution in [0.4, 0.5) is 0 Å². The Morgan fingerprint density at radius 3 is 2.67 bits per heavy atom. The van der Waals surface area contributed by atoms with Crippen LogP contribution in [0.25, 0.3) is 0 Å². The minimum absolute atomic E-state index is 0.148. The maximum absolute atomic E-state index is 10.3. The van der Waals surface area contributed by atoms with Crippen LogP contribution >= 0.6 is 22.6 Å². The van der Waals surface area contributed by atoms with E-state index in [1.54, 1.807) is 0 Å². The van der Waals surface area contributed by atoms with E-state index in [0.717, 1.165) is 22.8 Å². The third-order valence-electron chi connectivity index (χ3n) is 3.34. The highest BCUT2D eigenvalue weighted by atomic mass is 127. The first-order chi connectivity index (χ1) is 8.76. The molecule has 4 heteroatoms. The Morgan fingerprint density at radius 2 is 2.11 bits per heavy atom. The fourth-order valence-electron chi connectivity index (χ4n) is 2.33. The van der Waals surface area contributed by atoms with E-state index in [0.29, 0.717) is 0 Å². The standard InChI is InChI=1S/C14H16INO2/c15-8-11-6-7-13(18-11)12(9-16)14(17)10-4-2-1-3-5-10/h1-5,11-14,17H,6-8H2/t11-,12?,13?,14+/m0/s1. The van der Waals surface area contributed by atoms with E-state index >= 15 is 0 Å². The summed E-state index contributed by atoms with van der Waals surface area (Å²) in [6.45, 7) is 0. The zero-order chi connectivity index (χ0) is 13.0. The molecule has 1 aromatic carbocycles. The lowest BCUT2D eigenvalue weighted by molar-refractivity contribution is -0.00685. The summed E-state index contributed by atoms with van der Waals surface area (Å²) in [6, 6.07) is 11.5. The van der Waals surface area contributed by atoms with Crippen molar-refractivity contribution in [3.05, 3.63) is 35.9 Å². The number of aliphatic hydroxyl groups is 1. The van der Waals surface area contributed by atoms with Crippen molar-refractivity contribution in [1.82, 2.24) is 0 Å². The molecule has 0 spiro atoms. The summed E-state index contributed by atoms with van der Waals surface area (Å²) in [5.41, 5.74) is 0.783. The monoisotopic (exact) mass is 357 g/mol. The first kappa shape index (κ1) is 13.8. The average molecular weight is 357 g/mol. The summed E-state index contributed by atoms with van der Waals surface area (Å²) in [5.74, 6) is -0.486. The summed E-state index contributed by atoms with van der Waals surface area (Å²) >= 11 is 2.29. The molecule has 1 saturated heterocycles. The Kier molecular flexibility index (Phi) is 4.98. The van der Waals surface area contributed by atoms with Gasteiger partial charge in [-0.25, -0.2) is 0 Å². The Morgan fingerprint density at radius 1 is 1.39 bits per heavy atom. The van der Waals surface area contributed by atoms with Crippen molar-refractivity contribution >= 4 is 22.6 Å². The molecule has 0 amide bonds. The summed E-state index contributed by atoms with van der Waals surface area (Å²) in [4.78, 5) is 0. The molecule has 4 atom stereocenters. The van der Waals surface area contributed by atoms with E-state index in [2.05, 4.69) is 28.7 Å². The highest BCUT2D eigenvalue weighted by Gasteiger charge is 2.35. The fraction of sp³-hybridized carbons (Fsp3) is 0.500. The lowest BCUT2D eigenvalue weighted by atomic mass is 9.91. The van der Waals surface area contributed by atoms with Gasteiger partial charge in [-0.1, -0.05) is 52.9 Å². The topological polar surface area (TPSA) is 53.2 Å². The van der Waals surface area contributed by atoms with E-state index in [4.69, 9.17) is 4.74 Å². The van der Waals surface area contributed by atoms with Gasteiger partial charge < -0.3 is 9.84 Å². The normalized spacial score (nSPS) is 26.5. The molecule has 0 radical (unpaired) electrons. The number of alkyl halides is 1. The van der Waals surface area contributed by atoms with Crippen LogP contribution in [-0.2, 0) is 4.74 Å². The van der Waals surface area contributed by atoms with Crippen LogP contribution in [0.1, 0.15) is 24.5 Å². The molecular formula is C14H16INO2. The molecule has 96 valence electrons. The van der Waals surface area contributed by atoms with Crippen LogP contribution in [0, 0.1) is 17.2 Å². The second-order valence-corrected chi connectivity index (χ2v) is 5.42. The number of rotatable bonds is 4. The number of ether oxygens (including phenoxy) is 1. The van der Waals surface area contributed by atoms with Crippen molar-refractivity contribution in [2.24, 2.45) is 5.92 Å². The van der Waals surface area contributed by atoms with Gasteiger partial charge in [-0.3, -0.25) is 0 Å². The molecule has 2 rings (SSSR count). The van der Waals surface area contributed by atoms with E-state index in [-0.39, 0.29) is 12.2 Å². The van der Waals surface area contributed by atoms with Crippen LogP contribution in [0.15, 0.2) is 30.3 Å². The summed E-state index contributed by atoms with van der Waals surface area (Å²) < 4.78 is 6.75. The number of nitriles is 1. The van der Waals surface area contributed by atoms with Gasteiger partial charge in [0.2, 0.25) is 0 Å². The third kappa shape index (κ3) is 3.02. The molecule has 0 aliphatic carbocycles. The van der Waals surface area contributed by atoms with Gasteiger partial charge in [-0.2, -0.15) is 5.26 Å². The Hall–Kier alpha value is -0.640. The molecule has 0 aromatic heterocycles. The molecule has 0 saturated carbocycles. The van der Waals surface area contributed by atoms with Crippen LogP contribution in [0.2, 0.25) is 0 Å². The molecule has 1 aliphatic rings. The van der Waals surface area contributed by atoms with Gasteiger partial charge in [0.15, 0.2) is 0 Å². The first-order valence-electron chi connectivity index (χ1n) is 6.10. The van der Waals surface area contributed by atoms with Gasteiger partial charge in [0.25, 0.3) is 0 Å². The smallest absolute Gasteiger partial charge is 0.103 e. The highest BCUT2D eigenvalue weighted by molar-refractivity contribution is 14.1. The predicted octanol–water partition coefficient (Wildman–Crippen LogP) is 2.84.